The molecule has 0 bridgehead atoms. The summed E-state index contributed by atoms with van der Waals surface area (Å²) in [6.45, 7) is 4.02. The van der Waals surface area contributed by atoms with E-state index in [4.69, 9.17) is 19.9 Å². The van der Waals surface area contributed by atoms with Gasteiger partial charge in [-0.15, -0.1) is 0 Å². The third-order valence-corrected chi connectivity index (χ3v) is 9.49. The number of methoxy groups -OCH3 is 1. The van der Waals surface area contributed by atoms with E-state index in [1.807, 2.05) is 0 Å². The van der Waals surface area contributed by atoms with Crippen LogP contribution in [0, 0.1) is 29.6 Å². The van der Waals surface area contributed by atoms with E-state index in [-0.39, 0.29) is 48.9 Å². The van der Waals surface area contributed by atoms with Gasteiger partial charge >= 0.3 is 11.9 Å². The van der Waals surface area contributed by atoms with Gasteiger partial charge in [-0.1, -0.05) is 12.8 Å². The quantitative estimate of drug-likeness (QED) is 0.274. The van der Waals surface area contributed by atoms with Crippen LogP contribution < -0.4 is 11.1 Å². The molecule has 3 aliphatic rings. The smallest absolute Gasteiger partial charge is 0.302 e. The largest absolute Gasteiger partial charge is 0.462 e. The van der Waals surface area contributed by atoms with Crippen LogP contribution in [0.25, 0.3) is 0 Å². The van der Waals surface area contributed by atoms with Gasteiger partial charge in [-0.25, -0.2) is 0 Å². The number of nitrogens with two attached hydrogens (primary N) is 2. The maximum absolute atomic E-state index is 12.1. The molecule has 2 saturated carbocycles. The molecule has 220 valence electrons. The van der Waals surface area contributed by atoms with Crippen LogP contribution in [-0.4, -0.2) is 73.0 Å². The van der Waals surface area contributed by atoms with E-state index in [1.165, 1.54) is 13.8 Å². The molecule has 0 aromatic rings. The van der Waals surface area contributed by atoms with Crippen LogP contribution in [0.5, 0.6) is 0 Å². The van der Waals surface area contributed by atoms with E-state index in [9.17, 15) is 19.8 Å². The van der Waals surface area contributed by atoms with Crippen LogP contribution in [0.1, 0.15) is 90.9 Å². The van der Waals surface area contributed by atoms with Gasteiger partial charge in [0, 0.05) is 40.4 Å². The summed E-state index contributed by atoms with van der Waals surface area (Å²) in [5, 5.41) is 22.8. The minimum absolute atomic E-state index is 0.104. The van der Waals surface area contributed by atoms with Crippen LogP contribution in [0.2, 0.25) is 0 Å². The minimum Gasteiger partial charge on any atom is -0.462 e. The molecule has 1 saturated heterocycles. The molecule has 0 amide bonds. The summed E-state index contributed by atoms with van der Waals surface area (Å²) < 4.78 is 17.2. The van der Waals surface area contributed by atoms with Crippen LogP contribution >= 0.6 is 0 Å². The van der Waals surface area contributed by atoms with Gasteiger partial charge in [-0.2, -0.15) is 0 Å². The van der Waals surface area contributed by atoms with Gasteiger partial charge in [0.25, 0.3) is 0 Å². The molecule has 10 atom stereocenters. The Bertz CT molecular complexity index is 738. The number of carbonyl (C=O) groups excluding carboxylic acids is 2. The van der Waals surface area contributed by atoms with Crippen LogP contribution in [-0.2, 0) is 23.8 Å². The van der Waals surface area contributed by atoms with Crippen molar-refractivity contribution in [3.8, 4) is 0 Å². The molecule has 38 heavy (non-hydrogen) atoms. The number of esters is 2. The highest BCUT2D eigenvalue weighted by Gasteiger charge is 2.42. The zero-order chi connectivity index (χ0) is 27.7. The average molecular weight is 542 g/mol. The maximum atomic E-state index is 12.1. The molecule has 6 N–H and O–H groups in total. The van der Waals surface area contributed by atoms with Crippen molar-refractivity contribution in [1.29, 1.82) is 0 Å². The standard InChI is InChI=1S/C29H52N2O7/c1-18(33)37-24(15-25(38-19(2)34)12-20-6-4-5-7-23(20)17-32)9-8-21-13-28(36-3)27(35)16-26(21)22-10-11-31-29(30)14-22/h20-29,31-32,35H,4-17,30H2,1-3H3/p+1. The first-order valence-corrected chi connectivity index (χ1v) is 14.9. The number of aliphatic hydroxyl groups is 2. The van der Waals surface area contributed by atoms with Gasteiger partial charge in [-0.05, 0) is 81.0 Å². The topological polar surface area (TPSA) is 145 Å². The van der Waals surface area contributed by atoms with Crippen molar-refractivity contribution in [3.63, 3.8) is 0 Å². The Labute approximate surface area is 228 Å². The molecule has 9 heteroatoms. The fourth-order valence-electron chi connectivity index (χ4n) is 7.65. The van der Waals surface area contributed by atoms with Gasteiger partial charge in [-0.3, -0.25) is 15.3 Å². The summed E-state index contributed by atoms with van der Waals surface area (Å²) in [7, 11) is 1.66. The van der Waals surface area contributed by atoms with Crippen molar-refractivity contribution >= 4 is 11.9 Å². The summed E-state index contributed by atoms with van der Waals surface area (Å²) in [5.74, 6) is 1.02. The molecule has 1 aliphatic heterocycles. The highest BCUT2D eigenvalue weighted by Crippen LogP contribution is 2.42. The summed E-state index contributed by atoms with van der Waals surface area (Å²) in [6, 6.07) is 0. The van der Waals surface area contributed by atoms with E-state index in [2.05, 4.69) is 5.32 Å². The maximum Gasteiger partial charge on any atom is 0.302 e. The highest BCUT2D eigenvalue weighted by atomic mass is 16.6. The van der Waals surface area contributed by atoms with Crippen molar-refractivity contribution in [3.05, 3.63) is 0 Å². The van der Waals surface area contributed by atoms with Gasteiger partial charge in [0.1, 0.15) is 18.4 Å². The lowest BCUT2D eigenvalue weighted by atomic mass is 9.66. The Morgan fingerprint density at radius 2 is 1.66 bits per heavy atom. The van der Waals surface area contributed by atoms with Gasteiger partial charge in [0.2, 0.25) is 0 Å². The molecule has 10 unspecified atom stereocenters. The molecule has 9 nitrogen and oxygen atoms in total. The molecular weight excluding hydrogens is 488 g/mol. The molecular formula is C29H53N2O7+. The Morgan fingerprint density at radius 3 is 2.29 bits per heavy atom. The third-order valence-electron chi connectivity index (χ3n) is 9.49. The third kappa shape index (κ3) is 9.44. The minimum atomic E-state index is -0.476. The SMILES string of the molecule is COC1CC(CCC(CC(CC2CCCCC2CO)OC(C)=O)OC(C)=O)C(C2CC[NH2+]C(N)C2)CC1O. The molecule has 2 aliphatic carbocycles. The van der Waals surface area contributed by atoms with E-state index >= 15 is 0 Å². The molecule has 0 aromatic heterocycles. The normalized spacial score (nSPS) is 35.7. The second-order valence-corrected chi connectivity index (χ2v) is 12.2. The van der Waals surface area contributed by atoms with Crippen molar-refractivity contribution in [2.75, 3.05) is 20.3 Å². The average Bonchev–Trinajstić information content (AvgIpc) is 2.87. The second kappa shape index (κ2) is 15.5. The molecule has 0 spiro atoms. The van der Waals surface area contributed by atoms with E-state index in [1.54, 1.807) is 7.11 Å². The predicted molar refractivity (Wildman–Crippen MR) is 143 cm³/mol. The lowest BCUT2D eigenvalue weighted by Crippen LogP contribution is -2.94. The van der Waals surface area contributed by atoms with E-state index in [0.29, 0.717) is 49.4 Å². The first kappa shape index (κ1) is 31.3. The van der Waals surface area contributed by atoms with Crippen LogP contribution in [0.4, 0.5) is 0 Å². The number of hydrogen-bond donors (Lipinski definition) is 4. The predicted octanol–water partition coefficient (Wildman–Crippen LogP) is 1.87. The summed E-state index contributed by atoms with van der Waals surface area (Å²) >= 11 is 0. The van der Waals surface area contributed by atoms with E-state index in [0.717, 1.165) is 57.9 Å². The van der Waals surface area contributed by atoms with Crippen LogP contribution in [0.15, 0.2) is 0 Å². The first-order valence-electron chi connectivity index (χ1n) is 14.9. The van der Waals surface area contributed by atoms with E-state index < -0.39 is 6.10 Å². The fourth-order valence-corrected chi connectivity index (χ4v) is 7.65. The Hall–Kier alpha value is -1.26. The summed E-state index contributed by atoms with van der Waals surface area (Å²) in [5.41, 5.74) is 6.28. The van der Waals surface area contributed by atoms with Gasteiger partial charge < -0.3 is 29.7 Å². The molecule has 3 rings (SSSR count). The molecule has 3 fully saturated rings. The number of carbonyl (C=O) groups is 2. The number of quaternary nitrogens is 1. The molecule has 1 heterocycles. The zero-order valence-corrected chi connectivity index (χ0v) is 23.8. The number of rotatable bonds is 12. The van der Waals surface area contributed by atoms with Crippen LogP contribution in [0.3, 0.4) is 0 Å². The monoisotopic (exact) mass is 541 g/mol. The van der Waals surface area contributed by atoms with Crippen molar-refractivity contribution in [2.24, 2.45) is 35.3 Å². The number of piperidine rings is 1. The van der Waals surface area contributed by atoms with Gasteiger partial charge in [0.15, 0.2) is 0 Å². The van der Waals surface area contributed by atoms with Crippen molar-refractivity contribution in [2.45, 2.75) is 121 Å². The number of hydrogen-bond acceptors (Lipinski definition) is 8. The Kier molecular flexibility index (Phi) is 12.8. The summed E-state index contributed by atoms with van der Waals surface area (Å²) in [4.78, 5) is 24.0. The summed E-state index contributed by atoms with van der Waals surface area (Å²) in [6.07, 6.45) is 9.18. The first-order chi connectivity index (χ1) is 18.2. The highest BCUT2D eigenvalue weighted by molar-refractivity contribution is 5.66. The lowest BCUT2D eigenvalue weighted by Gasteiger charge is -2.44. The van der Waals surface area contributed by atoms with Gasteiger partial charge in [0.05, 0.1) is 18.8 Å². The van der Waals surface area contributed by atoms with Crippen molar-refractivity contribution < 1.29 is 39.3 Å². The lowest BCUT2D eigenvalue weighted by molar-refractivity contribution is -0.699. The molecule has 0 aromatic carbocycles. The Morgan fingerprint density at radius 1 is 0.974 bits per heavy atom. The zero-order valence-electron chi connectivity index (χ0n) is 23.8. The number of ether oxygens (including phenoxy) is 3. The molecule has 0 radical (unpaired) electrons. The van der Waals surface area contributed by atoms with Crippen molar-refractivity contribution in [1.82, 2.24) is 0 Å². The second-order valence-electron chi connectivity index (χ2n) is 12.2. The number of aliphatic hydroxyl groups excluding tert-OH is 2. The fraction of sp³-hybridized carbons (Fsp3) is 0.931. The Balaban J connectivity index is 1.69.